The quantitative estimate of drug-likeness (QED) is 0.826. The Hall–Kier alpha value is -2.62. The lowest BCUT2D eigenvalue weighted by Gasteiger charge is -2.23. The zero-order valence-corrected chi connectivity index (χ0v) is 14.6. The lowest BCUT2D eigenvalue weighted by Crippen LogP contribution is -2.44. The lowest BCUT2D eigenvalue weighted by atomic mass is 9.90. The van der Waals surface area contributed by atoms with Crippen molar-refractivity contribution in [1.29, 1.82) is 0 Å². The predicted octanol–water partition coefficient (Wildman–Crippen LogP) is 3.58. The number of carbonyl (C=O) groups excluding carboxylic acids is 2. The zero-order valence-electron chi connectivity index (χ0n) is 14.6. The Balaban J connectivity index is 2.01. The molecule has 0 saturated carbocycles. The van der Waals surface area contributed by atoms with Gasteiger partial charge < -0.3 is 10.6 Å². The molecule has 2 aromatic carbocycles. The predicted molar refractivity (Wildman–Crippen MR) is 96.6 cm³/mol. The molecular formula is C20H24N2O2. The molecule has 0 aliphatic rings. The van der Waals surface area contributed by atoms with Crippen LogP contribution in [0.15, 0.2) is 48.5 Å². The summed E-state index contributed by atoms with van der Waals surface area (Å²) in [7, 11) is 0. The molecule has 24 heavy (non-hydrogen) atoms. The van der Waals surface area contributed by atoms with Gasteiger partial charge in [0.05, 0.1) is 0 Å². The van der Waals surface area contributed by atoms with Crippen LogP contribution < -0.4 is 10.6 Å². The minimum absolute atomic E-state index is 0.295. The lowest BCUT2D eigenvalue weighted by molar-refractivity contribution is -0.138. The number of aryl methyl sites for hydroxylation is 2. The van der Waals surface area contributed by atoms with Gasteiger partial charge >= 0.3 is 0 Å². The summed E-state index contributed by atoms with van der Waals surface area (Å²) in [6.45, 7) is 7.62. The van der Waals surface area contributed by atoms with E-state index >= 15 is 0 Å². The Kier molecular flexibility index (Phi) is 5.39. The summed E-state index contributed by atoms with van der Waals surface area (Å²) in [6, 6.07) is 15.4. The smallest absolute Gasteiger partial charge is 0.239 e. The van der Waals surface area contributed by atoms with Crippen molar-refractivity contribution in [3.8, 4) is 0 Å². The van der Waals surface area contributed by atoms with Crippen LogP contribution >= 0.6 is 0 Å². The Morgan fingerprint density at radius 1 is 0.958 bits per heavy atom. The van der Waals surface area contributed by atoms with Crippen LogP contribution in [0.4, 0.5) is 5.69 Å². The molecule has 0 bridgehead atoms. The van der Waals surface area contributed by atoms with E-state index in [0.717, 1.165) is 16.7 Å². The van der Waals surface area contributed by atoms with Crippen molar-refractivity contribution >= 4 is 17.5 Å². The minimum atomic E-state index is -1.16. The SMILES string of the molecule is Cc1cccc(NC(=O)C(C)(C)C(=O)NCc2ccccc2C)c1. The first kappa shape index (κ1) is 17.7. The fourth-order valence-corrected chi connectivity index (χ4v) is 2.32. The molecule has 0 spiro atoms. The molecule has 0 atom stereocenters. The van der Waals surface area contributed by atoms with Gasteiger partial charge in [0.1, 0.15) is 5.41 Å². The van der Waals surface area contributed by atoms with Crippen LogP contribution in [0.3, 0.4) is 0 Å². The highest BCUT2D eigenvalue weighted by atomic mass is 16.2. The molecule has 0 saturated heterocycles. The summed E-state index contributed by atoms with van der Waals surface area (Å²) in [6.07, 6.45) is 0. The standard InChI is InChI=1S/C20H24N2O2/c1-14-8-7-11-17(12-14)22-19(24)20(3,4)18(23)21-13-16-10-6-5-9-15(16)2/h5-12H,13H2,1-4H3,(H,21,23)(H,22,24). The molecule has 126 valence electrons. The van der Waals surface area contributed by atoms with Crippen LogP contribution in [0.25, 0.3) is 0 Å². The molecule has 4 nitrogen and oxygen atoms in total. The average Bonchev–Trinajstić information content (AvgIpc) is 2.53. The molecule has 2 rings (SSSR count). The van der Waals surface area contributed by atoms with Crippen molar-refractivity contribution in [1.82, 2.24) is 5.32 Å². The fourth-order valence-electron chi connectivity index (χ4n) is 2.32. The second-order valence-electron chi connectivity index (χ2n) is 6.56. The summed E-state index contributed by atoms with van der Waals surface area (Å²) in [4.78, 5) is 25.0. The van der Waals surface area contributed by atoms with E-state index in [1.165, 1.54) is 0 Å². The molecular weight excluding hydrogens is 300 g/mol. The summed E-state index contributed by atoms with van der Waals surface area (Å²) >= 11 is 0. The Morgan fingerprint density at radius 2 is 1.67 bits per heavy atom. The van der Waals surface area contributed by atoms with Gasteiger partial charge in [-0.15, -0.1) is 0 Å². The molecule has 0 heterocycles. The summed E-state index contributed by atoms with van der Waals surface area (Å²) in [5.74, 6) is -0.619. The molecule has 4 heteroatoms. The highest BCUT2D eigenvalue weighted by Gasteiger charge is 2.35. The Bertz CT molecular complexity index is 751. The Morgan fingerprint density at radius 3 is 2.33 bits per heavy atom. The van der Waals surface area contributed by atoms with Crippen LogP contribution in [0.2, 0.25) is 0 Å². The third-order valence-corrected chi connectivity index (χ3v) is 4.11. The molecule has 0 radical (unpaired) electrons. The second kappa shape index (κ2) is 7.30. The zero-order chi connectivity index (χ0) is 17.7. The van der Waals surface area contributed by atoms with Crippen LogP contribution in [0.1, 0.15) is 30.5 Å². The monoisotopic (exact) mass is 324 g/mol. The molecule has 0 aliphatic carbocycles. The first-order valence-electron chi connectivity index (χ1n) is 8.01. The van der Waals surface area contributed by atoms with Gasteiger partial charge in [-0.05, 0) is 56.5 Å². The van der Waals surface area contributed by atoms with Gasteiger partial charge in [-0.3, -0.25) is 9.59 Å². The van der Waals surface area contributed by atoms with E-state index < -0.39 is 5.41 Å². The highest BCUT2D eigenvalue weighted by molar-refractivity contribution is 6.09. The van der Waals surface area contributed by atoms with Gasteiger partial charge in [0.15, 0.2) is 0 Å². The first-order valence-corrected chi connectivity index (χ1v) is 8.01. The number of nitrogens with one attached hydrogen (secondary N) is 2. The van der Waals surface area contributed by atoms with Gasteiger partial charge in [-0.2, -0.15) is 0 Å². The van der Waals surface area contributed by atoms with Crippen molar-refractivity contribution < 1.29 is 9.59 Å². The van der Waals surface area contributed by atoms with Crippen molar-refractivity contribution in [3.05, 3.63) is 65.2 Å². The maximum Gasteiger partial charge on any atom is 0.239 e. The number of rotatable bonds is 5. The molecule has 0 aromatic heterocycles. The van der Waals surface area contributed by atoms with E-state index in [4.69, 9.17) is 0 Å². The topological polar surface area (TPSA) is 58.2 Å². The van der Waals surface area contributed by atoms with Crippen molar-refractivity contribution in [2.24, 2.45) is 5.41 Å². The Labute approximate surface area is 143 Å². The van der Waals surface area contributed by atoms with Gasteiger partial charge in [0.25, 0.3) is 0 Å². The second-order valence-corrected chi connectivity index (χ2v) is 6.56. The van der Waals surface area contributed by atoms with E-state index in [2.05, 4.69) is 10.6 Å². The van der Waals surface area contributed by atoms with Crippen LogP contribution in [0.5, 0.6) is 0 Å². The van der Waals surface area contributed by atoms with Gasteiger partial charge in [0, 0.05) is 12.2 Å². The van der Waals surface area contributed by atoms with E-state index in [-0.39, 0.29) is 11.8 Å². The summed E-state index contributed by atoms with van der Waals surface area (Å²) < 4.78 is 0. The van der Waals surface area contributed by atoms with Crippen LogP contribution in [-0.4, -0.2) is 11.8 Å². The van der Waals surface area contributed by atoms with Crippen molar-refractivity contribution in [2.75, 3.05) is 5.32 Å². The molecule has 2 amide bonds. The van der Waals surface area contributed by atoms with Crippen LogP contribution in [0, 0.1) is 19.3 Å². The minimum Gasteiger partial charge on any atom is -0.351 e. The number of carbonyl (C=O) groups is 2. The number of hydrogen-bond acceptors (Lipinski definition) is 2. The van der Waals surface area contributed by atoms with E-state index in [1.807, 2.05) is 62.4 Å². The number of amides is 2. The normalized spacial score (nSPS) is 11.0. The van der Waals surface area contributed by atoms with Gasteiger partial charge in [0.2, 0.25) is 11.8 Å². The highest BCUT2D eigenvalue weighted by Crippen LogP contribution is 2.20. The van der Waals surface area contributed by atoms with Gasteiger partial charge in [-0.25, -0.2) is 0 Å². The number of hydrogen-bond donors (Lipinski definition) is 2. The molecule has 2 aromatic rings. The third-order valence-electron chi connectivity index (χ3n) is 4.11. The number of benzene rings is 2. The molecule has 0 unspecified atom stereocenters. The molecule has 0 fully saturated rings. The maximum atomic E-state index is 12.5. The maximum absolute atomic E-state index is 12.5. The first-order chi connectivity index (χ1) is 11.3. The van der Waals surface area contributed by atoms with E-state index in [9.17, 15) is 9.59 Å². The molecule has 2 N–H and O–H groups in total. The van der Waals surface area contributed by atoms with Crippen molar-refractivity contribution in [3.63, 3.8) is 0 Å². The van der Waals surface area contributed by atoms with E-state index in [1.54, 1.807) is 13.8 Å². The van der Waals surface area contributed by atoms with Crippen molar-refractivity contribution in [2.45, 2.75) is 34.2 Å². The van der Waals surface area contributed by atoms with E-state index in [0.29, 0.717) is 12.2 Å². The summed E-state index contributed by atoms with van der Waals surface area (Å²) in [5.41, 5.74) is 2.74. The fraction of sp³-hybridized carbons (Fsp3) is 0.300. The van der Waals surface area contributed by atoms with Crippen LogP contribution in [-0.2, 0) is 16.1 Å². The summed E-state index contributed by atoms with van der Waals surface area (Å²) in [5, 5.41) is 5.67. The average molecular weight is 324 g/mol. The largest absolute Gasteiger partial charge is 0.351 e. The molecule has 0 aliphatic heterocycles. The third kappa shape index (κ3) is 4.22. The van der Waals surface area contributed by atoms with Gasteiger partial charge in [-0.1, -0.05) is 36.4 Å². The number of anilines is 1.